The highest BCUT2D eigenvalue weighted by atomic mass is 19.3. The topological polar surface area (TPSA) is 99.7 Å². The fourth-order valence-electron chi connectivity index (χ4n) is 3.85. The molecule has 0 aliphatic carbocycles. The van der Waals surface area contributed by atoms with Gasteiger partial charge in [-0.3, -0.25) is 19.8 Å². The highest BCUT2D eigenvalue weighted by Crippen LogP contribution is 2.29. The Morgan fingerprint density at radius 2 is 1.97 bits per heavy atom. The third kappa shape index (κ3) is 5.23. The number of H-pyrrole nitrogens is 1. The van der Waals surface area contributed by atoms with Crippen molar-refractivity contribution >= 4 is 22.5 Å². The smallest absolute Gasteiger partial charge is 0.276 e. The van der Waals surface area contributed by atoms with Crippen LogP contribution in [-0.4, -0.2) is 55.2 Å². The molecule has 1 aliphatic rings. The van der Waals surface area contributed by atoms with Crippen LogP contribution in [0.1, 0.15) is 36.3 Å². The van der Waals surface area contributed by atoms with Crippen LogP contribution in [0.3, 0.4) is 0 Å². The van der Waals surface area contributed by atoms with E-state index < -0.39 is 5.92 Å². The van der Waals surface area contributed by atoms with Crippen molar-refractivity contribution in [3.63, 3.8) is 0 Å². The van der Waals surface area contributed by atoms with Gasteiger partial charge in [0, 0.05) is 42.9 Å². The number of fused-ring (bicyclic) bond motifs is 1. The van der Waals surface area contributed by atoms with E-state index in [-0.39, 0.29) is 24.6 Å². The SMILES string of the molecule is CC.O=C(Nc1ccnnc1)c1n[nH]c2ccc(-c3cncc(CN4CCC(F)(F)C4)c3)cc12. The number of halogens is 2. The lowest BCUT2D eigenvalue weighted by molar-refractivity contribution is 0.0115. The van der Waals surface area contributed by atoms with Crippen LogP contribution in [0.2, 0.25) is 0 Å². The molecular weight excluding hydrogens is 440 g/mol. The molecular formula is C24H25F2N7O. The van der Waals surface area contributed by atoms with Crippen molar-refractivity contribution in [1.29, 1.82) is 0 Å². The van der Waals surface area contributed by atoms with Crippen LogP contribution in [0.5, 0.6) is 0 Å². The van der Waals surface area contributed by atoms with Crippen molar-refractivity contribution in [3.05, 3.63) is 66.4 Å². The lowest BCUT2D eigenvalue weighted by atomic mass is 10.0. The Hall–Kier alpha value is -3.79. The van der Waals surface area contributed by atoms with E-state index in [0.29, 0.717) is 24.2 Å². The molecule has 8 nitrogen and oxygen atoms in total. The first kappa shape index (κ1) is 23.4. The second-order valence-corrected chi connectivity index (χ2v) is 7.82. The average Bonchev–Trinajstić information content (AvgIpc) is 3.43. The number of anilines is 1. The Kier molecular flexibility index (Phi) is 6.87. The molecule has 0 unspecified atom stereocenters. The maximum atomic E-state index is 13.5. The molecule has 1 saturated heterocycles. The van der Waals surface area contributed by atoms with E-state index in [1.54, 1.807) is 23.4 Å². The summed E-state index contributed by atoms with van der Waals surface area (Å²) in [6.45, 7) is 4.55. The first-order valence-electron chi connectivity index (χ1n) is 11.1. The van der Waals surface area contributed by atoms with Gasteiger partial charge in [-0.15, -0.1) is 0 Å². The summed E-state index contributed by atoms with van der Waals surface area (Å²) in [5.41, 5.74) is 4.02. The maximum Gasteiger partial charge on any atom is 0.276 e. The first-order valence-corrected chi connectivity index (χ1v) is 11.1. The van der Waals surface area contributed by atoms with Crippen LogP contribution in [0.4, 0.5) is 14.5 Å². The van der Waals surface area contributed by atoms with Crippen LogP contribution in [0.25, 0.3) is 22.0 Å². The van der Waals surface area contributed by atoms with E-state index in [2.05, 4.69) is 30.7 Å². The third-order valence-electron chi connectivity index (χ3n) is 5.40. The minimum absolute atomic E-state index is 0.113. The van der Waals surface area contributed by atoms with Crippen molar-refractivity contribution in [2.75, 3.05) is 18.4 Å². The van der Waals surface area contributed by atoms with Crippen molar-refractivity contribution in [2.24, 2.45) is 0 Å². The number of benzene rings is 1. The highest BCUT2D eigenvalue weighted by molar-refractivity contribution is 6.11. The van der Waals surface area contributed by atoms with Gasteiger partial charge in [-0.05, 0) is 35.4 Å². The van der Waals surface area contributed by atoms with Crippen LogP contribution in [0, 0.1) is 0 Å². The summed E-state index contributed by atoms with van der Waals surface area (Å²) >= 11 is 0. The minimum Gasteiger partial charge on any atom is -0.319 e. The Labute approximate surface area is 195 Å². The summed E-state index contributed by atoms with van der Waals surface area (Å²) < 4.78 is 27.0. The number of carbonyl (C=O) groups excluding carboxylic acids is 1. The number of carbonyl (C=O) groups is 1. The van der Waals surface area contributed by atoms with Crippen LogP contribution >= 0.6 is 0 Å². The van der Waals surface area contributed by atoms with E-state index in [0.717, 1.165) is 22.2 Å². The van der Waals surface area contributed by atoms with Gasteiger partial charge in [-0.2, -0.15) is 15.3 Å². The molecule has 0 saturated carbocycles. The molecule has 5 rings (SSSR count). The van der Waals surface area contributed by atoms with Crippen molar-refractivity contribution in [3.8, 4) is 11.1 Å². The number of aromatic nitrogens is 5. The van der Waals surface area contributed by atoms with Gasteiger partial charge in [0.05, 0.1) is 30.1 Å². The zero-order valence-electron chi connectivity index (χ0n) is 18.9. The zero-order chi connectivity index (χ0) is 24.1. The Morgan fingerprint density at radius 3 is 2.71 bits per heavy atom. The summed E-state index contributed by atoms with van der Waals surface area (Å²) in [5.74, 6) is -3.00. The van der Waals surface area contributed by atoms with Gasteiger partial charge in [0.25, 0.3) is 11.8 Å². The summed E-state index contributed by atoms with van der Waals surface area (Å²) in [6.07, 6.45) is 6.23. The van der Waals surface area contributed by atoms with Crippen LogP contribution in [0.15, 0.2) is 55.1 Å². The number of alkyl halides is 2. The van der Waals surface area contributed by atoms with Gasteiger partial charge in [-0.1, -0.05) is 19.9 Å². The zero-order valence-corrected chi connectivity index (χ0v) is 18.9. The van der Waals surface area contributed by atoms with E-state index in [1.807, 2.05) is 38.1 Å². The van der Waals surface area contributed by atoms with E-state index in [9.17, 15) is 13.6 Å². The fraction of sp³-hybridized carbons (Fsp3) is 0.292. The lowest BCUT2D eigenvalue weighted by Crippen LogP contribution is -2.24. The molecule has 3 aromatic heterocycles. The van der Waals surface area contributed by atoms with Gasteiger partial charge in [0.1, 0.15) is 0 Å². The molecule has 4 heterocycles. The summed E-state index contributed by atoms with van der Waals surface area (Å²) in [4.78, 5) is 18.7. The largest absolute Gasteiger partial charge is 0.319 e. The predicted molar refractivity (Wildman–Crippen MR) is 125 cm³/mol. The summed E-state index contributed by atoms with van der Waals surface area (Å²) in [6, 6.07) is 9.19. The second-order valence-electron chi connectivity index (χ2n) is 7.82. The molecule has 0 radical (unpaired) electrons. The Balaban J connectivity index is 0.00000133. The van der Waals surface area contributed by atoms with E-state index >= 15 is 0 Å². The summed E-state index contributed by atoms with van der Waals surface area (Å²) in [5, 5.41) is 17.9. The average molecular weight is 466 g/mol. The molecule has 176 valence electrons. The molecule has 1 amide bonds. The normalized spacial score (nSPS) is 15.1. The number of rotatable bonds is 5. The molecule has 1 aromatic carbocycles. The monoisotopic (exact) mass is 465 g/mol. The van der Waals surface area contributed by atoms with Crippen molar-refractivity contribution < 1.29 is 13.6 Å². The molecule has 2 N–H and O–H groups in total. The van der Waals surface area contributed by atoms with Crippen molar-refractivity contribution in [2.45, 2.75) is 32.7 Å². The van der Waals surface area contributed by atoms with Gasteiger partial charge < -0.3 is 5.32 Å². The van der Waals surface area contributed by atoms with Gasteiger partial charge in [0.2, 0.25) is 0 Å². The van der Waals surface area contributed by atoms with Gasteiger partial charge >= 0.3 is 0 Å². The summed E-state index contributed by atoms with van der Waals surface area (Å²) in [7, 11) is 0. The number of amides is 1. The number of aromatic amines is 1. The quantitative estimate of drug-likeness (QED) is 0.449. The number of hydrogen-bond donors (Lipinski definition) is 2. The van der Waals surface area contributed by atoms with E-state index in [4.69, 9.17) is 0 Å². The predicted octanol–water partition coefficient (Wildman–Crippen LogP) is 4.53. The van der Waals surface area contributed by atoms with Crippen LogP contribution in [-0.2, 0) is 6.54 Å². The second kappa shape index (κ2) is 10.0. The van der Waals surface area contributed by atoms with Crippen LogP contribution < -0.4 is 5.32 Å². The molecule has 34 heavy (non-hydrogen) atoms. The van der Waals surface area contributed by atoms with Gasteiger partial charge in [-0.25, -0.2) is 8.78 Å². The maximum absolute atomic E-state index is 13.5. The highest BCUT2D eigenvalue weighted by Gasteiger charge is 2.37. The number of pyridine rings is 1. The Morgan fingerprint density at radius 1 is 1.12 bits per heavy atom. The molecule has 0 spiro atoms. The molecule has 0 bridgehead atoms. The van der Waals surface area contributed by atoms with Gasteiger partial charge in [0.15, 0.2) is 5.69 Å². The van der Waals surface area contributed by atoms with E-state index in [1.165, 1.54) is 12.4 Å². The molecule has 4 aromatic rings. The number of nitrogens with one attached hydrogen (secondary N) is 2. The molecule has 10 heteroatoms. The molecule has 0 atom stereocenters. The number of likely N-dealkylation sites (tertiary alicyclic amines) is 1. The fourth-order valence-corrected chi connectivity index (χ4v) is 3.85. The number of hydrogen-bond acceptors (Lipinski definition) is 6. The number of nitrogens with zero attached hydrogens (tertiary/aromatic N) is 5. The first-order chi connectivity index (χ1) is 16.5. The standard InChI is InChI=1S/C22H19F2N7O.C2H6/c23-22(24)4-6-31(13-22)12-14-7-16(10-25-9-14)15-1-2-19-18(8-15)20(30-29-19)21(32)28-17-3-5-26-27-11-17;1-2/h1-3,5,7-11H,4,6,12-13H2,(H,29,30)(H,26,28,32);1-2H3. The molecule has 1 aliphatic heterocycles. The minimum atomic E-state index is -2.62. The molecule has 1 fully saturated rings. The third-order valence-corrected chi connectivity index (χ3v) is 5.40. The van der Waals surface area contributed by atoms with Crippen molar-refractivity contribution in [1.82, 2.24) is 30.3 Å². The lowest BCUT2D eigenvalue weighted by Gasteiger charge is -2.15. The Bertz CT molecular complexity index is 1280.